The lowest BCUT2D eigenvalue weighted by Gasteiger charge is -2.24. The molecule has 192 valence electrons. The maximum Gasteiger partial charge on any atom is 0.472 e. The normalized spacial score (nSPS) is 14.8. The van der Waals surface area contributed by atoms with Crippen LogP contribution in [-0.4, -0.2) is 75.6 Å². The summed E-state index contributed by atoms with van der Waals surface area (Å²) in [5.41, 5.74) is 0. The summed E-state index contributed by atoms with van der Waals surface area (Å²) < 4.78 is 33.3. The van der Waals surface area contributed by atoms with Gasteiger partial charge >= 0.3 is 13.8 Å². The average Bonchev–Trinajstić information content (AvgIpc) is 2.68. The zero-order valence-electron chi connectivity index (χ0n) is 21.2. The first-order valence-electron chi connectivity index (χ1n) is 12.2. The highest BCUT2D eigenvalue weighted by atomic mass is 31.2. The molecule has 2 unspecified atom stereocenters. The summed E-state index contributed by atoms with van der Waals surface area (Å²) in [4.78, 5) is 21.1. The van der Waals surface area contributed by atoms with Crippen molar-refractivity contribution in [2.24, 2.45) is 0 Å². The van der Waals surface area contributed by atoms with Crippen LogP contribution in [0.1, 0.15) is 84.5 Å². The maximum atomic E-state index is 12.0. The number of phosphoric acid groups is 1. The van der Waals surface area contributed by atoms with Crippen molar-refractivity contribution in [3.63, 3.8) is 0 Å². The summed E-state index contributed by atoms with van der Waals surface area (Å²) in [6.07, 6.45) is 13.1. The van der Waals surface area contributed by atoms with Crippen molar-refractivity contribution in [1.82, 2.24) is 0 Å². The molecular formula is C23H49NO7P+. The number of ether oxygens (including phenoxy) is 2. The van der Waals surface area contributed by atoms with Crippen molar-refractivity contribution in [2.45, 2.75) is 90.6 Å². The van der Waals surface area contributed by atoms with E-state index in [1.807, 2.05) is 21.1 Å². The molecule has 9 heteroatoms. The maximum absolute atomic E-state index is 12.0. The van der Waals surface area contributed by atoms with Crippen molar-refractivity contribution in [1.29, 1.82) is 0 Å². The van der Waals surface area contributed by atoms with Gasteiger partial charge in [-0.15, -0.1) is 0 Å². The fourth-order valence-corrected chi connectivity index (χ4v) is 3.82. The fourth-order valence-electron chi connectivity index (χ4n) is 3.08. The zero-order chi connectivity index (χ0) is 24.3. The van der Waals surface area contributed by atoms with Crippen LogP contribution < -0.4 is 0 Å². The van der Waals surface area contributed by atoms with E-state index >= 15 is 0 Å². The minimum Gasteiger partial charge on any atom is -0.458 e. The van der Waals surface area contributed by atoms with E-state index in [4.69, 9.17) is 18.5 Å². The quantitative estimate of drug-likeness (QED) is 0.0995. The van der Waals surface area contributed by atoms with Crippen molar-refractivity contribution in [2.75, 3.05) is 54.1 Å². The minimum absolute atomic E-state index is 0.0882. The Bertz CT molecular complexity index is 511. The third kappa shape index (κ3) is 22.7. The topological polar surface area (TPSA) is 91.3 Å². The number of hydrogen-bond donors (Lipinski definition) is 1. The highest BCUT2D eigenvalue weighted by Gasteiger charge is 2.25. The van der Waals surface area contributed by atoms with Gasteiger partial charge in [0.1, 0.15) is 19.3 Å². The van der Waals surface area contributed by atoms with E-state index in [0.717, 1.165) is 12.8 Å². The van der Waals surface area contributed by atoms with E-state index in [0.29, 0.717) is 17.6 Å². The molecule has 0 aliphatic carbocycles. The van der Waals surface area contributed by atoms with Gasteiger partial charge in [0, 0.05) is 13.5 Å². The molecule has 0 spiro atoms. The highest BCUT2D eigenvalue weighted by Crippen LogP contribution is 2.43. The van der Waals surface area contributed by atoms with Crippen LogP contribution in [0.15, 0.2) is 0 Å². The van der Waals surface area contributed by atoms with E-state index in [1.165, 1.54) is 64.7 Å². The molecule has 0 aromatic rings. The Balaban J connectivity index is 3.89. The SMILES string of the molecule is CCCCCCCCCCCCCOCC(COP(=O)(O)OCC[N+](C)(C)C)OC(C)=O. The number of nitrogens with zero attached hydrogens (tertiary/aromatic N) is 1. The zero-order valence-corrected chi connectivity index (χ0v) is 22.1. The third-order valence-electron chi connectivity index (χ3n) is 4.97. The summed E-state index contributed by atoms with van der Waals surface area (Å²) in [5, 5.41) is 0. The molecular weight excluding hydrogens is 433 g/mol. The van der Waals surface area contributed by atoms with Gasteiger partial charge in [-0.05, 0) is 6.42 Å². The summed E-state index contributed by atoms with van der Waals surface area (Å²) in [6.45, 7) is 4.60. The first-order chi connectivity index (χ1) is 15.1. The number of rotatable bonds is 22. The van der Waals surface area contributed by atoms with Crippen molar-refractivity contribution in [3.05, 3.63) is 0 Å². The number of carbonyl (C=O) groups excluding carboxylic acids is 1. The number of phosphoric ester groups is 1. The number of unbranched alkanes of at least 4 members (excludes halogenated alkanes) is 10. The smallest absolute Gasteiger partial charge is 0.458 e. The minimum atomic E-state index is -4.20. The second-order valence-electron chi connectivity index (χ2n) is 9.45. The van der Waals surface area contributed by atoms with Crippen molar-refractivity contribution < 1.29 is 37.3 Å². The molecule has 0 radical (unpaired) electrons. The van der Waals surface area contributed by atoms with E-state index in [1.54, 1.807) is 0 Å². The summed E-state index contributed by atoms with van der Waals surface area (Å²) in [7, 11) is 1.66. The van der Waals surface area contributed by atoms with Gasteiger partial charge in [0.15, 0.2) is 0 Å². The second kappa shape index (κ2) is 18.9. The van der Waals surface area contributed by atoms with E-state index in [9.17, 15) is 14.3 Å². The molecule has 0 heterocycles. The van der Waals surface area contributed by atoms with Gasteiger partial charge in [-0.2, -0.15) is 0 Å². The molecule has 0 aromatic carbocycles. The molecule has 0 rings (SSSR count). The van der Waals surface area contributed by atoms with Crippen LogP contribution in [0.5, 0.6) is 0 Å². The molecule has 8 nitrogen and oxygen atoms in total. The molecule has 32 heavy (non-hydrogen) atoms. The van der Waals surface area contributed by atoms with Gasteiger partial charge in [-0.1, -0.05) is 71.1 Å². The van der Waals surface area contributed by atoms with E-state index < -0.39 is 19.9 Å². The first kappa shape index (κ1) is 31.5. The van der Waals surface area contributed by atoms with Gasteiger partial charge in [0.2, 0.25) is 0 Å². The molecule has 1 N–H and O–H groups in total. The molecule has 0 aliphatic heterocycles. The van der Waals surface area contributed by atoms with Crippen LogP contribution in [-0.2, 0) is 27.9 Å². The Morgan fingerprint density at radius 2 is 1.38 bits per heavy atom. The Hall–Kier alpha value is -0.500. The first-order valence-corrected chi connectivity index (χ1v) is 13.7. The highest BCUT2D eigenvalue weighted by molar-refractivity contribution is 7.47. The molecule has 0 bridgehead atoms. The van der Waals surface area contributed by atoms with Gasteiger partial charge in [0.05, 0.1) is 34.4 Å². The average molecular weight is 483 g/mol. The van der Waals surface area contributed by atoms with Gasteiger partial charge in [-0.3, -0.25) is 13.8 Å². The van der Waals surface area contributed by atoms with Crippen LogP contribution in [0, 0.1) is 0 Å². The number of hydrogen-bond acceptors (Lipinski definition) is 6. The molecule has 0 aromatic heterocycles. The summed E-state index contributed by atoms with van der Waals surface area (Å²) >= 11 is 0. The summed E-state index contributed by atoms with van der Waals surface area (Å²) in [6, 6.07) is 0. The van der Waals surface area contributed by atoms with Crippen LogP contribution in [0.3, 0.4) is 0 Å². The Morgan fingerprint density at radius 1 is 0.844 bits per heavy atom. The van der Waals surface area contributed by atoms with Gasteiger partial charge in [0.25, 0.3) is 0 Å². The molecule has 2 atom stereocenters. The van der Waals surface area contributed by atoms with Gasteiger partial charge in [-0.25, -0.2) is 4.57 Å². The van der Waals surface area contributed by atoms with Crippen LogP contribution >= 0.6 is 7.82 Å². The molecule has 0 saturated heterocycles. The fraction of sp³-hybridized carbons (Fsp3) is 0.957. The third-order valence-corrected chi connectivity index (χ3v) is 5.95. The lowest BCUT2D eigenvalue weighted by Crippen LogP contribution is -2.37. The molecule has 0 saturated carbocycles. The van der Waals surface area contributed by atoms with E-state index in [2.05, 4.69) is 6.92 Å². The monoisotopic (exact) mass is 482 g/mol. The van der Waals surface area contributed by atoms with E-state index in [-0.39, 0.29) is 19.8 Å². The predicted molar refractivity (Wildman–Crippen MR) is 127 cm³/mol. The lowest BCUT2D eigenvalue weighted by atomic mass is 10.1. The Kier molecular flexibility index (Phi) is 18.6. The number of quaternary nitrogens is 1. The molecule has 0 amide bonds. The lowest BCUT2D eigenvalue weighted by molar-refractivity contribution is -0.870. The summed E-state index contributed by atoms with van der Waals surface area (Å²) in [5.74, 6) is -0.490. The Morgan fingerprint density at radius 3 is 1.88 bits per heavy atom. The molecule has 0 aliphatic rings. The standard InChI is InChI=1S/C23H48NO7P/c1-6-7-8-9-10-11-12-13-14-15-16-18-28-20-23(31-22(2)25)21-30-32(26,27)29-19-17-24(3,4)5/h23H,6-21H2,1-5H3/p+1. The number of likely N-dealkylation sites (N-methyl/N-ethyl adjacent to an activating group) is 1. The largest absolute Gasteiger partial charge is 0.472 e. The van der Waals surface area contributed by atoms with Crippen molar-refractivity contribution >= 4 is 13.8 Å². The second-order valence-corrected chi connectivity index (χ2v) is 10.9. The molecule has 0 fully saturated rings. The van der Waals surface area contributed by atoms with Crippen LogP contribution in [0.4, 0.5) is 0 Å². The Labute approximate surface area is 196 Å². The van der Waals surface area contributed by atoms with Gasteiger partial charge < -0.3 is 18.9 Å². The van der Waals surface area contributed by atoms with Crippen LogP contribution in [0.25, 0.3) is 0 Å². The van der Waals surface area contributed by atoms with Crippen molar-refractivity contribution in [3.8, 4) is 0 Å². The number of carbonyl (C=O) groups is 1. The predicted octanol–water partition coefficient (Wildman–Crippen LogP) is 5.09. The van der Waals surface area contributed by atoms with Crippen LogP contribution in [0.2, 0.25) is 0 Å². The number of esters is 1.